The zero-order chi connectivity index (χ0) is 27.7. The number of rotatable bonds is 9. The van der Waals surface area contributed by atoms with Crippen molar-refractivity contribution in [1.82, 2.24) is 19.4 Å². The van der Waals surface area contributed by atoms with E-state index in [0.717, 1.165) is 50.2 Å². The first-order valence-electron chi connectivity index (χ1n) is 13.9. The molecule has 6 rings (SSSR count). The molecule has 3 N–H and O–H groups in total. The third-order valence-corrected chi connectivity index (χ3v) is 8.23. The third kappa shape index (κ3) is 5.94. The minimum Gasteiger partial charge on any atom is -0.492 e. The van der Waals surface area contributed by atoms with Gasteiger partial charge < -0.3 is 25.0 Å². The van der Waals surface area contributed by atoms with E-state index in [9.17, 15) is 5.11 Å². The van der Waals surface area contributed by atoms with Crippen LogP contribution in [0.4, 0.5) is 11.5 Å². The van der Waals surface area contributed by atoms with E-state index in [1.807, 2.05) is 51.1 Å². The highest BCUT2D eigenvalue weighted by atomic mass is 32.1. The smallest absolute Gasteiger partial charge is 0.204 e. The van der Waals surface area contributed by atoms with Crippen LogP contribution in [0.25, 0.3) is 26.4 Å². The molecule has 3 aromatic heterocycles. The van der Waals surface area contributed by atoms with E-state index in [1.165, 1.54) is 32.4 Å². The number of aliphatic hydroxyl groups excluding tert-OH is 1. The number of imidazole rings is 1. The maximum absolute atomic E-state index is 10.4. The molecule has 9 nitrogen and oxygen atoms in total. The molecule has 2 aromatic carbocycles. The molecule has 10 heteroatoms. The Morgan fingerprint density at radius 2 is 1.85 bits per heavy atom. The SMILES string of the molecule is CC(C)(C)c1cc(NC(O)Nc2ccc(-c3cn4c(n3)sc3cc(OCCN5CCCCC5)ccc34)cc2)no1. The van der Waals surface area contributed by atoms with Gasteiger partial charge in [0.25, 0.3) is 0 Å². The van der Waals surface area contributed by atoms with E-state index in [-0.39, 0.29) is 5.41 Å². The quantitative estimate of drug-likeness (QED) is 0.184. The number of aromatic nitrogens is 3. The third-order valence-electron chi connectivity index (χ3n) is 7.21. The Hall–Kier alpha value is -3.60. The second-order valence-electron chi connectivity index (χ2n) is 11.4. The highest BCUT2D eigenvalue weighted by Crippen LogP contribution is 2.32. The monoisotopic (exact) mass is 560 g/mol. The topological polar surface area (TPSA) is 100 Å². The average molecular weight is 561 g/mol. The van der Waals surface area contributed by atoms with Gasteiger partial charge in [0.2, 0.25) is 6.35 Å². The first-order valence-corrected chi connectivity index (χ1v) is 14.7. The largest absolute Gasteiger partial charge is 0.492 e. The highest BCUT2D eigenvalue weighted by Gasteiger charge is 2.20. The Morgan fingerprint density at radius 3 is 2.60 bits per heavy atom. The first-order chi connectivity index (χ1) is 19.3. The number of piperidine rings is 1. The van der Waals surface area contributed by atoms with Crippen LogP contribution < -0.4 is 15.4 Å². The van der Waals surface area contributed by atoms with E-state index in [1.54, 1.807) is 17.4 Å². The molecule has 1 saturated heterocycles. The van der Waals surface area contributed by atoms with Crippen molar-refractivity contribution >= 4 is 38.0 Å². The minimum atomic E-state index is -1.02. The van der Waals surface area contributed by atoms with Crippen molar-refractivity contribution in [2.75, 3.05) is 36.9 Å². The summed E-state index contributed by atoms with van der Waals surface area (Å²) in [4.78, 5) is 8.31. The first kappa shape index (κ1) is 26.6. The Labute approximate surface area is 237 Å². The lowest BCUT2D eigenvalue weighted by Gasteiger charge is -2.26. The van der Waals surface area contributed by atoms with Crippen LogP contribution in [0.5, 0.6) is 5.75 Å². The van der Waals surface area contributed by atoms with Gasteiger partial charge in [-0.2, -0.15) is 0 Å². The van der Waals surface area contributed by atoms with Gasteiger partial charge in [0, 0.05) is 35.5 Å². The fraction of sp³-hybridized carbons (Fsp3) is 0.400. The molecule has 0 bridgehead atoms. The summed E-state index contributed by atoms with van der Waals surface area (Å²) >= 11 is 1.66. The lowest BCUT2D eigenvalue weighted by atomic mass is 9.93. The predicted molar refractivity (Wildman–Crippen MR) is 160 cm³/mol. The molecule has 40 heavy (non-hydrogen) atoms. The van der Waals surface area contributed by atoms with Crippen LogP contribution in [-0.2, 0) is 5.41 Å². The summed E-state index contributed by atoms with van der Waals surface area (Å²) in [5, 5.41) is 20.3. The van der Waals surface area contributed by atoms with Gasteiger partial charge in [-0.3, -0.25) is 9.30 Å². The second-order valence-corrected chi connectivity index (χ2v) is 12.4. The summed E-state index contributed by atoms with van der Waals surface area (Å²) < 4.78 is 14.7. The standard InChI is InChI=1S/C30H36N6O3S/c1-30(2,3)26-18-27(34-39-26)33-28(37)31-21-9-7-20(8-10-21)23-19-36-24-12-11-22(17-25(24)40-29(36)32-23)38-16-15-35-13-5-4-6-14-35/h7-12,17-19,28,31,37H,4-6,13-16H2,1-3H3,(H,33,34). The molecule has 4 heterocycles. The molecular formula is C30H36N6O3S. The molecule has 0 amide bonds. The van der Waals surface area contributed by atoms with Crippen LogP contribution in [0.15, 0.2) is 59.3 Å². The lowest BCUT2D eigenvalue weighted by Crippen LogP contribution is -2.33. The normalized spacial score (nSPS) is 15.5. The van der Waals surface area contributed by atoms with E-state index in [2.05, 4.69) is 43.4 Å². The van der Waals surface area contributed by atoms with Crippen molar-refractivity contribution in [2.45, 2.75) is 51.8 Å². The van der Waals surface area contributed by atoms with Crippen molar-refractivity contribution < 1.29 is 14.4 Å². The molecule has 210 valence electrons. The molecule has 5 aromatic rings. The predicted octanol–water partition coefficient (Wildman–Crippen LogP) is 6.17. The van der Waals surface area contributed by atoms with Crippen LogP contribution >= 0.6 is 11.3 Å². The second kappa shape index (κ2) is 11.1. The molecule has 0 radical (unpaired) electrons. The van der Waals surface area contributed by atoms with Crippen LogP contribution in [0.2, 0.25) is 0 Å². The van der Waals surface area contributed by atoms with Gasteiger partial charge in [-0.05, 0) is 56.3 Å². The number of hydrogen-bond acceptors (Lipinski definition) is 9. The van der Waals surface area contributed by atoms with Gasteiger partial charge >= 0.3 is 0 Å². The van der Waals surface area contributed by atoms with Crippen LogP contribution in [-0.4, -0.2) is 57.1 Å². The van der Waals surface area contributed by atoms with Gasteiger partial charge in [0.1, 0.15) is 18.1 Å². The summed E-state index contributed by atoms with van der Waals surface area (Å²) in [6, 6.07) is 15.9. The van der Waals surface area contributed by atoms with E-state index < -0.39 is 6.35 Å². The Kier molecular flexibility index (Phi) is 7.39. The maximum atomic E-state index is 10.4. The van der Waals surface area contributed by atoms with Gasteiger partial charge in [0.15, 0.2) is 10.8 Å². The number of ether oxygens (including phenoxy) is 1. The summed E-state index contributed by atoms with van der Waals surface area (Å²) in [5.74, 6) is 2.13. The highest BCUT2D eigenvalue weighted by molar-refractivity contribution is 7.23. The van der Waals surface area contributed by atoms with Crippen LogP contribution in [0, 0.1) is 0 Å². The fourth-order valence-corrected chi connectivity index (χ4v) is 5.99. The summed E-state index contributed by atoms with van der Waals surface area (Å²) in [6.45, 7) is 10.2. The average Bonchev–Trinajstić information content (AvgIpc) is 3.64. The van der Waals surface area contributed by atoms with E-state index in [4.69, 9.17) is 14.2 Å². The number of likely N-dealkylation sites (tertiary alicyclic amines) is 1. The van der Waals surface area contributed by atoms with Gasteiger partial charge in [-0.1, -0.05) is 55.8 Å². The Morgan fingerprint density at radius 1 is 1.05 bits per heavy atom. The molecule has 1 aliphatic rings. The number of fused-ring (bicyclic) bond motifs is 3. The summed E-state index contributed by atoms with van der Waals surface area (Å²) in [6.07, 6.45) is 5.00. The van der Waals surface area contributed by atoms with Crippen molar-refractivity contribution in [2.24, 2.45) is 0 Å². The van der Waals surface area contributed by atoms with Crippen molar-refractivity contribution in [3.8, 4) is 17.0 Å². The van der Waals surface area contributed by atoms with Crippen molar-refractivity contribution in [3.63, 3.8) is 0 Å². The zero-order valence-corrected chi connectivity index (χ0v) is 24.0. The zero-order valence-electron chi connectivity index (χ0n) is 23.2. The molecule has 1 atom stereocenters. The molecule has 0 aliphatic carbocycles. The number of thiazole rings is 1. The van der Waals surface area contributed by atoms with E-state index >= 15 is 0 Å². The van der Waals surface area contributed by atoms with Gasteiger partial charge in [-0.25, -0.2) is 4.98 Å². The Bertz CT molecular complexity index is 1580. The number of aliphatic hydroxyl groups is 1. The molecule has 1 unspecified atom stereocenters. The molecule has 0 spiro atoms. The van der Waals surface area contributed by atoms with Gasteiger partial charge in [0.05, 0.1) is 15.9 Å². The number of benzene rings is 2. The van der Waals surface area contributed by atoms with Crippen LogP contribution in [0.3, 0.4) is 0 Å². The van der Waals surface area contributed by atoms with Crippen LogP contribution in [0.1, 0.15) is 45.8 Å². The van der Waals surface area contributed by atoms with E-state index in [0.29, 0.717) is 12.4 Å². The Balaban J connectivity index is 1.08. The molecule has 1 fully saturated rings. The maximum Gasteiger partial charge on any atom is 0.204 e. The molecule has 0 saturated carbocycles. The summed E-state index contributed by atoms with van der Waals surface area (Å²) in [5.41, 5.74) is 3.64. The minimum absolute atomic E-state index is 0.154. The summed E-state index contributed by atoms with van der Waals surface area (Å²) in [7, 11) is 0. The number of nitrogens with zero attached hydrogens (tertiary/aromatic N) is 4. The fourth-order valence-electron chi connectivity index (χ4n) is 4.95. The molecular weight excluding hydrogens is 524 g/mol. The van der Waals surface area contributed by atoms with Gasteiger partial charge in [-0.15, -0.1) is 0 Å². The number of anilines is 2. The number of nitrogens with one attached hydrogen (secondary N) is 2. The molecule has 1 aliphatic heterocycles. The lowest BCUT2D eigenvalue weighted by molar-refractivity contribution is 0.183. The number of hydrogen-bond donors (Lipinski definition) is 3. The van der Waals surface area contributed by atoms with Crippen molar-refractivity contribution in [3.05, 3.63) is 60.5 Å². The van der Waals surface area contributed by atoms with Crippen molar-refractivity contribution in [1.29, 1.82) is 0 Å².